The van der Waals surface area contributed by atoms with E-state index in [1.165, 1.54) is 5.56 Å². The summed E-state index contributed by atoms with van der Waals surface area (Å²) < 4.78 is 10.7. The van der Waals surface area contributed by atoms with Crippen LogP contribution in [0.25, 0.3) is 11.4 Å². The predicted molar refractivity (Wildman–Crippen MR) is 101 cm³/mol. The Morgan fingerprint density at radius 1 is 1.20 bits per heavy atom. The summed E-state index contributed by atoms with van der Waals surface area (Å²) in [6.45, 7) is 6.81. The minimum Gasteiger partial charge on any atom is -0.496 e. The van der Waals surface area contributed by atoms with Gasteiger partial charge in [-0.3, -0.25) is 0 Å². The molecule has 0 bridgehead atoms. The normalized spacial score (nSPS) is 11.1. The summed E-state index contributed by atoms with van der Waals surface area (Å²) in [5.74, 6) is 1.53. The number of methoxy groups -OCH3 is 2. The molecule has 0 saturated carbocycles. The topological polar surface area (TPSA) is 47.5 Å². The number of hydrogen-bond donors (Lipinski definition) is 0. The summed E-state index contributed by atoms with van der Waals surface area (Å²) in [6, 6.07) is 6.24. The van der Waals surface area contributed by atoms with Crippen molar-refractivity contribution in [2.24, 2.45) is 0 Å². The largest absolute Gasteiger partial charge is 0.496 e. The molecule has 0 fully saturated rings. The Kier molecular flexibility index (Phi) is 7.34. The maximum Gasteiger partial charge on any atom is 0.163 e. The fourth-order valence-corrected chi connectivity index (χ4v) is 2.86. The number of ether oxygens (including phenoxy) is 2. The van der Waals surface area contributed by atoms with Gasteiger partial charge in [0.1, 0.15) is 5.75 Å². The Morgan fingerprint density at radius 3 is 2.68 bits per heavy atom. The van der Waals surface area contributed by atoms with E-state index in [0.29, 0.717) is 0 Å². The average molecular weight is 343 g/mol. The van der Waals surface area contributed by atoms with Gasteiger partial charge in [0.2, 0.25) is 0 Å². The number of aromatic nitrogens is 2. The zero-order valence-corrected chi connectivity index (χ0v) is 16.0. The minimum atomic E-state index is 0.725. The van der Waals surface area contributed by atoms with Crippen molar-refractivity contribution >= 4 is 0 Å². The van der Waals surface area contributed by atoms with E-state index >= 15 is 0 Å². The van der Waals surface area contributed by atoms with Gasteiger partial charge in [0.15, 0.2) is 5.82 Å². The van der Waals surface area contributed by atoms with Crippen molar-refractivity contribution in [3.05, 3.63) is 41.2 Å². The van der Waals surface area contributed by atoms with E-state index in [0.717, 1.165) is 60.9 Å². The number of rotatable bonds is 9. The van der Waals surface area contributed by atoms with E-state index in [4.69, 9.17) is 14.5 Å². The molecule has 136 valence electrons. The van der Waals surface area contributed by atoms with E-state index in [2.05, 4.69) is 36.0 Å². The maximum atomic E-state index is 5.53. The van der Waals surface area contributed by atoms with E-state index in [9.17, 15) is 0 Å². The molecular formula is C20H29N3O2. The van der Waals surface area contributed by atoms with Crippen LogP contribution in [0.1, 0.15) is 30.2 Å². The van der Waals surface area contributed by atoms with Crippen molar-refractivity contribution < 1.29 is 9.47 Å². The molecule has 0 atom stereocenters. The lowest BCUT2D eigenvalue weighted by atomic mass is 10.1. The van der Waals surface area contributed by atoms with E-state index < -0.39 is 0 Å². The second-order valence-electron chi connectivity index (χ2n) is 6.30. The van der Waals surface area contributed by atoms with Crippen molar-refractivity contribution in [1.29, 1.82) is 0 Å². The lowest BCUT2D eigenvalue weighted by molar-refractivity contribution is 0.178. The van der Waals surface area contributed by atoms with Crippen LogP contribution in [0.2, 0.25) is 0 Å². The molecule has 1 aromatic heterocycles. The molecule has 0 radical (unpaired) electrons. The SMILES string of the molecule is CCc1nc(-c2cc(CN(C)CCCOC)ccc2OC)ncc1C. The van der Waals surface area contributed by atoms with Gasteiger partial charge < -0.3 is 14.4 Å². The van der Waals surface area contributed by atoms with Crippen LogP contribution < -0.4 is 4.74 Å². The van der Waals surface area contributed by atoms with Crippen molar-refractivity contribution in [1.82, 2.24) is 14.9 Å². The minimum absolute atomic E-state index is 0.725. The number of nitrogens with zero attached hydrogens (tertiary/aromatic N) is 3. The Bertz CT molecular complexity index is 689. The average Bonchev–Trinajstić information content (AvgIpc) is 2.62. The molecule has 5 heteroatoms. The van der Waals surface area contributed by atoms with Gasteiger partial charge in [0.05, 0.1) is 12.7 Å². The molecule has 0 saturated heterocycles. The first kappa shape index (κ1) is 19.3. The maximum absolute atomic E-state index is 5.53. The molecule has 0 N–H and O–H groups in total. The van der Waals surface area contributed by atoms with Crippen molar-refractivity contribution in [2.75, 3.05) is 34.4 Å². The molecule has 0 spiro atoms. The van der Waals surface area contributed by atoms with E-state index in [1.54, 1.807) is 14.2 Å². The van der Waals surface area contributed by atoms with Crippen LogP contribution in [-0.4, -0.2) is 49.3 Å². The summed E-state index contributed by atoms with van der Waals surface area (Å²) in [7, 11) is 5.54. The molecule has 2 aromatic rings. The van der Waals surface area contributed by atoms with Crippen LogP contribution in [0.5, 0.6) is 5.75 Å². The fraction of sp³-hybridized carbons (Fsp3) is 0.500. The van der Waals surface area contributed by atoms with E-state index in [1.807, 2.05) is 19.2 Å². The lowest BCUT2D eigenvalue weighted by Gasteiger charge is -2.18. The van der Waals surface area contributed by atoms with Gasteiger partial charge in [-0.05, 0) is 50.1 Å². The number of benzene rings is 1. The molecule has 2 rings (SSSR count). The van der Waals surface area contributed by atoms with Crippen molar-refractivity contribution in [2.45, 2.75) is 33.2 Å². The molecule has 0 aliphatic heterocycles. The van der Waals surface area contributed by atoms with Gasteiger partial charge in [-0.25, -0.2) is 9.97 Å². The van der Waals surface area contributed by atoms with Crippen LogP contribution in [0.15, 0.2) is 24.4 Å². The van der Waals surface area contributed by atoms with Crippen LogP contribution in [0.4, 0.5) is 0 Å². The van der Waals surface area contributed by atoms with Gasteiger partial charge in [-0.1, -0.05) is 13.0 Å². The molecule has 0 unspecified atom stereocenters. The lowest BCUT2D eigenvalue weighted by Crippen LogP contribution is -2.20. The Labute approximate surface area is 151 Å². The molecule has 5 nitrogen and oxygen atoms in total. The fourth-order valence-electron chi connectivity index (χ4n) is 2.86. The van der Waals surface area contributed by atoms with Crippen LogP contribution in [0.3, 0.4) is 0 Å². The third kappa shape index (κ3) is 5.25. The highest BCUT2D eigenvalue weighted by atomic mass is 16.5. The Balaban J connectivity index is 2.25. The first-order valence-corrected chi connectivity index (χ1v) is 8.76. The standard InChI is InChI=1S/C20H29N3O2/c1-6-18-15(2)13-21-20(22-18)17-12-16(8-9-19(17)25-5)14-23(3)10-7-11-24-4/h8-9,12-13H,6-7,10-11,14H2,1-5H3. The van der Waals surface area contributed by atoms with Crippen LogP contribution >= 0.6 is 0 Å². The molecular weight excluding hydrogens is 314 g/mol. The molecule has 1 heterocycles. The van der Waals surface area contributed by atoms with E-state index in [-0.39, 0.29) is 0 Å². The van der Waals surface area contributed by atoms with Gasteiger partial charge in [-0.15, -0.1) is 0 Å². The zero-order valence-electron chi connectivity index (χ0n) is 16.0. The van der Waals surface area contributed by atoms with Crippen molar-refractivity contribution in [3.63, 3.8) is 0 Å². The first-order valence-electron chi connectivity index (χ1n) is 8.76. The summed E-state index contributed by atoms with van der Waals surface area (Å²) >= 11 is 0. The van der Waals surface area contributed by atoms with Crippen LogP contribution in [0, 0.1) is 6.92 Å². The monoisotopic (exact) mass is 343 g/mol. The van der Waals surface area contributed by atoms with Crippen LogP contribution in [-0.2, 0) is 17.7 Å². The van der Waals surface area contributed by atoms with Gasteiger partial charge in [0.25, 0.3) is 0 Å². The summed E-state index contributed by atoms with van der Waals surface area (Å²) in [4.78, 5) is 11.5. The summed E-state index contributed by atoms with van der Waals surface area (Å²) in [5, 5.41) is 0. The molecule has 0 aliphatic rings. The number of aryl methyl sites for hydroxylation is 2. The second-order valence-corrected chi connectivity index (χ2v) is 6.30. The molecule has 0 aliphatic carbocycles. The Hall–Kier alpha value is -1.98. The second kappa shape index (κ2) is 9.49. The van der Waals surface area contributed by atoms with Gasteiger partial charge in [0, 0.05) is 38.7 Å². The van der Waals surface area contributed by atoms with Crippen molar-refractivity contribution in [3.8, 4) is 17.1 Å². The molecule has 25 heavy (non-hydrogen) atoms. The molecule has 0 amide bonds. The smallest absolute Gasteiger partial charge is 0.163 e. The zero-order chi connectivity index (χ0) is 18.2. The highest BCUT2D eigenvalue weighted by Gasteiger charge is 2.12. The number of hydrogen-bond acceptors (Lipinski definition) is 5. The van der Waals surface area contributed by atoms with Gasteiger partial charge >= 0.3 is 0 Å². The highest BCUT2D eigenvalue weighted by Crippen LogP contribution is 2.29. The predicted octanol–water partition coefficient (Wildman–Crippen LogP) is 3.49. The third-order valence-corrected chi connectivity index (χ3v) is 4.26. The van der Waals surface area contributed by atoms with Gasteiger partial charge in [-0.2, -0.15) is 0 Å². The highest BCUT2D eigenvalue weighted by molar-refractivity contribution is 5.65. The summed E-state index contributed by atoms with van der Waals surface area (Å²) in [6.07, 6.45) is 3.81. The summed E-state index contributed by atoms with van der Waals surface area (Å²) in [5.41, 5.74) is 4.37. The molecule has 1 aromatic carbocycles. The third-order valence-electron chi connectivity index (χ3n) is 4.26. The quantitative estimate of drug-likeness (QED) is 0.652. The first-order chi connectivity index (χ1) is 12.1. The Morgan fingerprint density at radius 2 is 2.00 bits per heavy atom.